The zero-order valence-corrected chi connectivity index (χ0v) is 45.0. The summed E-state index contributed by atoms with van der Waals surface area (Å²) in [6.45, 7) is 18.5. The molecule has 1 aromatic carbocycles. The van der Waals surface area contributed by atoms with E-state index < -0.39 is 118 Å². The summed E-state index contributed by atoms with van der Waals surface area (Å²) in [5.41, 5.74) is -3.19. The van der Waals surface area contributed by atoms with Gasteiger partial charge in [0.05, 0.1) is 60.9 Å². The number of hydrogen-bond acceptors (Lipinski definition) is 19. The van der Waals surface area contributed by atoms with Gasteiger partial charge in [0.1, 0.15) is 40.7 Å². The zero-order chi connectivity index (χ0) is 53.1. The van der Waals surface area contributed by atoms with Crippen LogP contribution < -0.4 is 9.88 Å². The molecule has 3 aliphatic heterocycles. The number of aliphatic hydroxyl groups is 5. The molecule has 22 heteroatoms. The monoisotopic (exact) mass is 1030 g/mol. The molecule has 3 fully saturated rings. The summed E-state index contributed by atoms with van der Waals surface area (Å²) in [6, 6.07) is 3.55. The van der Waals surface area contributed by atoms with Gasteiger partial charge in [-0.25, -0.2) is 18.2 Å². The summed E-state index contributed by atoms with van der Waals surface area (Å²) in [4.78, 5) is 18.3. The highest BCUT2D eigenvalue weighted by molar-refractivity contribution is 7.89. The number of carbonyl (C=O) groups excluding carboxylic acids is 1. The third kappa shape index (κ3) is 13.9. The van der Waals surface area contributed by atoms with Gasteiger partial charge >= 0.3 is 5.97 Å². The van der Waals surface area contributed by atoms with E-state index in [-0.39, 0.29) is 42.4 Å². The van der Waals surface area contributed by atoms with E-state index >= 15 is 0 Å². The van der Waals surface area contributed by atoms with Crippen molar-refractivity contribution in [1.82, 2.24) is 24.8 Å². The molecule has 3 saturated heterocycles. The van der Waals surface area contributed by atoms with Crippen LogP contribution in [0.25, 0.3) is 0 Å². The molecule has 1 aromatic heterocycles. The second-order valence-electron chi connectivity index (χ2n) is 21.4. The molecule has 2 aromatic rings. The molecule has 5 rings (SSSR count). The van der Waals surface area contributed by atoms with Crippen LogP contribution >= 0.6 is 0 Å². The molecular weight excluding hydrogens is 945 g/mol. The van der Waals surface area contributed by atoms with Crippen LogP contribution in [0.4, 0.5) is 0 Å². The van der Waals surface area contributed by atoms with Crippen LogP contribution in [0.2, 0.25) is 0 Å². The summed E-state index contributed by atoms with van der Waals surface area (Å²) in [5.74, 6) is -2.75. The van der Waals surface area contributed by atoms with E-state index in [9.17, 15) is 38.7 Å². The molecule has 4 heterocycles. The van der Waals surface area contributed by atoms with Crippen molar-refractivity contribution >= 4 is 16.0 Å². The van der Waals surface area contributed by atoms with Crippen LogP contribution in [0, 0.1) is 17.8 Å². The molecule has 7 N–H and O–H groups in total. The highest BCUT2D eigenvalue weighted by Crippen LogP contribution is 2.40. The zero-order valence-electron chi connectivity index (χ0n) is 44.2. The molecule has 0 unspecified atom stereocenters. The summed E-state index contributed by atoms with van der Waals surface area (Å²) in [7, 11) is 2.59. The number of esters is 1. The van der Waals surface area contributed by atoms with Gasteiger partial charge in [0.2, 0.25) is 10.0 Å². The van der Waals surface area contributed by atoms with Crippen LogP contribution in [0.1, 0.15) is 106 Å². The number of aliphatic hydroxyl groups excluding tert-OH is 3. The van der Waals surface area contributed by atoms with E-state index in [0.717, 1.165) is 5.56 Å². The summed E-state index contributed by atoms with van der Waals surface area (Å²) >= 11 is 0. The number of nitrogens with two attached hydrogens (primary N) is 1. The number of likely N-dealkylation sites (N-methyl/N-ethyl adjacent to an activating group) is 2. The Labute approximate surface area is 420 Å². The van der Waals surface area contributed by atoms with Gasteiger partial charge in [0.15, 0.2) is 12.6 Å². The number of cyclic esters (lactones) is 1. The van der Waals surface area contributed by atoms with Crippen LogP contribution in [0.15, 0.2) is 29.3 Å². The highest BCUT2D eigenvalue weighted by Gasteiger charge is 2.53. The van der Waals surface area contributed by atoms with Crippen molar-refractivity contribution in [2.75, 3.05) is 41.4 Å². The molecule has 0 saturated carbocycles. The minimum atomic E-state index is -3.98. The van der Waals surface area contributed by atoms with Gasteiger partial charge in [0.25, 0.3) is 0 Å². The van der Waals surface area contributed by atoms with Gasteiger partial charge in [-0.05, 0) is 105 Å². The Morgan fingerprint density at radius 2 is 1.66 bits per heavy atom. The SMILES string of the molecule is CC[C@H]1OC(=O)[C@H](C)[C@@H](O[C@H]2C[C@@](C)(OC)[C@@H](O)[C@H](C)O2)[C@H](C)[C@@H](O[C@@H]2O[C@H](C)C[C@H](N(C)CCc3cn(Cc4ccc(S(N)(=O)=O)c(OC)c4)nn3)[C@H]2O)[C@](C)(O)C[C@@H](C)CN(C)[C@H](C)[C@@H](O)[C@]1(C)O. The number of carbonyl (C=O) groups is 1. The molecule has 0 spiro atoms. The first-order valence-corrected chi connectivity index (χ1v) is 26.4. The van der Waals surface area contributed by atoms with Gasteiger partial charge < -0.3 is 68.5 Å². The third-order valence-electron chi connectivity index (χ3n) is 15.3. The Kier molecular flexibility index (Phi) is 19.7. The lowest BCUT2D eigenvalue weighted by atomic mass is 9.77. The lowest BCUT2D eigenvalue weighted by molar-refractivity contribution is -0.318. The Hall–Kier alpha value is -2.94. The number of primary sulfonamides is 1. The summed E-state index contributed by atoms with van der Waals surface area (Å²) in [5, 5.41) is 73.6. The first-order valence-electron chi connectivity index (χ1n) is 24.8. The molecule has 3 aliphatic rings. The van der Waals surface area contributed by atoms with E-state index in [2.05, 4.69) is 10.3 Å². The van der Waals surface area contributed by atoms with Crippen molar-refractivity contribution in [2.24, 2.45) is 22.9 Å². The Balaban J connectivity index is 1.44. The van der Waals surface area contributed by atoms with Gasteiger partial charge in [-0.1, -0.05) is 32.1 Å². The van der Waals surface area contributed by atoms with Crippen molar-refractivity contribution in [3.05, 3.63) is 35.7 Å². The fourth-order valence-corrected chi connectivity index (χ4v) is 11.6. The van der Waals surface area contributed by atoms with Crippen LogP contribution in [0.5, 0.6) is 5.75 Å². The Morgan fingerprint density at radius 1 is 0.986 bits per heavy atom. The maximum Gasteiger partial charge on any atom is 0.311 e. The minimum absolute atomic E-state index is 0.0838. The lowest BCUT2D eigenvalue weighted by Crippen LogP contribution is -2.61. The molecule has 0 amide bonds. The molecule has 0 aliphatic carbocycles. The van der Waals surface area contributed by atoms with Crippen LogP contribution in [0.3, 0.4) is 0 Å². The lowest BCUT2D eigenvalue weighted by Gasteiger charge is -2.49. The predicted molar refractivity (Wildman–Crippen MR) is 260 cm³/mol. The summed E-state index contributed by atoms with van der Waals surface area (Å²) in [6.07, 6.45) is -7.14. The normalized spacial score (nSPS) is 39.7. The molecule has 0 radical (unpaired) electrons. The van der Waals surface area contributed by atoms with Crippen molar-refractivity contribution in [1.29, 1.82) is 0 Å². The quantitative estimate of drug-likeness (QED) is 0.147. The van der Waals surface area contributed by atoms with E-state index in [1.807, 2.05) is 37.7 Å². The van der Waals surface area contributed by atoms with Crippen LogP contribution in [-0.4, -0.2) is 196 Å². The Morgan fingerprint density at radius 3 is 2.28 bits per heavy atom. The standard InChI is InChI=1S/C49H84N6O15S/c1-15-38-49(10,61)42(57)31(6)54(12)24-27(2)22-47(8,60)44(29(4)41(30(5)45(59)68-38)69-39-23-48(9,65-14)43(58)32(7)67-39)70-46-40(56)35(20-28(3)66-46)53(11)19-18-34-26-55(52-51-34)25-33-16-17-37(71(50,62)63)36(21-33)64-13/h16-17,21,26-32,35,38-44,46,56-58,60-61H,15,18-20,22-25H2,1-14H3,(H2,50,62,63)/t27-,28-,29+,30-,31-,32+,35+,38-,39+,40-,41+,42-,43+,44-,46+,47-,48-,49-/m1/s1. The van der Waals surface area contributed by atoms with Gasteiger partial charge in [-0.2, -0.15) is 0 Å². The number of aromatic nitrogens is 3. The molecule has 18 atom stereocenters. The minimum Gasteiger partial charge on any atom is -0.495 e. The number of ether oxygens (including phenoxy) is 7. The molecule has 0 bridgehead atoms. The maximum atomic E-state index is 14.5. The smallest absolute Gasteiger partial charge is 0.311 e. The number of hydrogen-bond donors (Lipinski definition) is 6. The van der Waals surface area contributed by atoms with Crippen molar-refractivity contribution in [3.63, 3.8) is 0 Å². The van der Waals surface area contributed by atoms with Gasteiger partial charge in [-0.3, -0.25) is 4.79 Å². The molecular formula is C49H84N6O15S. The number of nitrogens with zero attached hydrogens (tertiary/aromatic N) is 5. The predicted octanol–water partition coefficient (Wildman–Crippen LogP) is 1.81. The van der Waals surface area contributed by atoms with E-state index in [1.165, 1.54) is 27.2 Å². The second kappa shape index (κ2) is 23.7. The van der Waals surface area contributed by atoms with Crippen molar-refractivity contribution in [2.45, 2.75) is 203 Å². The largest absolute Gasteiger partial charge is 0.495 e. The third-order valence-corrected chi connectivity index (χ3v) is 16.2. The fraction of sp³-hybridized carbons (Fsp3) is 0.816. The second-order valence-corrected chi connectivity index (χ2v) is 22.9. The van der Waals surface area contributed by atoms with Gasteiger partial charge in [0, 0.05) is 57.2 Å². The molecule has 406 valence electrons. The first-order chi connectivity index (χ1) is 33.0. The number of rotatable bonds is 14. The number of sulfonamides is 1. The highest BCUT2D eigenvalue weighted by atomic mass is 32.2. The Bertz CT molecular complexity index is 2170. The van der Waals surface area contributed by atoms with E-state index in [4.69, 9.17) is 38.3 Å². The van der Waals surface area contributed by atoms with E-state index in [1.54, 1.807) is 71.5 Å². The number of benzene rings is 1. The fourth-order valence-electron chi connectivity index (χ4n) is 10.9. The van der Waals surface area contributed by atoms with Crippen molar-refractivity contribution < 1.29 is 71.9 Å². The van der Waals surface area contributed by atoms with Crippen LogP contribution in [-0.2, 0) is 56.2 Å². The first kappa shape index (κ1) is 58.9. The molecule has 21 nitrogen and oxygen atoms in total. The molecule has 71 heavy (non-hydrogen) atoms. The average Bonchev–Trinajstić information content (AvgIpc) is 3.75. The topological polar surface area (TPSA) is 280 Å². The average molecular weight is 1030 g/mol. The van der Waals surface area contributed by atoms with E-state index in [0.29, 0.717) is 31.6 Å². The number of methoxy groups -OCH3 is 2. The summed E-state index contributed by atoms with van der Waals surface area (Å²) < 4.78 is 69.1. The van der Waals surface area contributed by atoms with Crippen molar-refractivity contribution in [3.8, 4) is 5.75 Å². The maximum absolute atomic E-state index is 14.5. The van der Waals surface area contributed by atoms with Gasteiger partial charge in [-0.15, -0.1) is 5.10 Å².